The van der Waals surface area contributed by atoms with Crippen molar-refractivity contribution in [3.05, 3.63) is 118 Å². The number of hydrogen-bond acceptors (Lipinski definition) is 13. The van der Waals surface area contributed by atoms with Crippen molar-refractivity contribution in [2.45, 2.75) is 74.3 Å². The summed E-state index contributed by atoms with van der Waals surface area (Å²) in [5.41, 5.74) is 2.60. The number of methoxy groups -OCH3 is 2. The van der Waals surface area contributed by atoms with Gasteiger partial charge in [-0.3, -0.25) is 18.6 Å². The van der Waals surface area contributed by atoms with Crippen molar-refractivity contribution in [1.82, 2.24) is 20.2 Å². The maximum absolute atomic E-state index is 13.8. The van der Waals surface area contributed by atoms with Crippen molar-refractivity contribution < 1.29 is 41.0 Å². The molecule has 4 aromatic rings. The fourth-order valence-corrected chi connectivity index (χ4v) is 11.7. The van der Waals surface area contributed by atoms with Gasteiger partial charge < -0.3 is 24.8 Å². The highest BCUT2D eigenvalue weighted by Gasteiger charge is 2.40. The van der Waals surface area contributed by atoms with Gasteiger partial charge in [-0.05, 0) is 125 Å². The van der Waals surface area contributed by atoms with Crippen LogP contribution in [0.1, 0.15) is 70.6 Å². The summed E-state index contributed by atoms with van der Waals surface area (Å²) in [4.78, 5) is 34.1. The Morgan fingerprint density at radius 1 is 0.721 bits per heavy atom. The molecule has 2 aromatic carbocycles. The minimum absolute atomic E-state index is 0.0269. The lowest BCUT2D eigenvalue weighted by Gasteiger charge is -2.44. The number of aliphatic hydroxyl groups is 1. The zero-order chi connectivity index (χ0) is 43.7. The molecule has 1 aliphatic carbocycles. The molecule has 4 heterocycles. The highest BCUT2D eigenvalue weighted by molar-refractivity contribution is 7.93. The second-order valence-electron chi connectivity index (χ2n) is 15.1. The topological polar surface area (TPSA) is 189 Å². The van der Waals surface area contributed by atoms with Crippen LogP contribution >= 0.6 is 23.2 Å². The minimum Gasteiger partial charge on any atom is -0.465 e. The Kier molecular flexibility index (Phi) is 15.6. The van der Waals surface area contributed by atoms with E-state index in [-0.39, 0.29) is 19.2 Å². The lowest BCUT2D eigenvalue weighted by atomic mass is 9.87. The average molecular weight is 918 g/mol. The van der Waals surface area contributed by atoms with Crippen LogP contribution < -0.4 is 13.9 Å². The molecule has 0 amide bonds. The quantitative estimate of drug-likeness (QED) is 0.161. The summed E-state index contributed by atoms with van der Waals surface area (Å²) >= 11 is 12.3. The van der Waals surface area contributed by atoms with E-state index in [2.05, 4.69) is 24.9 Å². The summed E-state index contributed by atoms with van der Waals surface area (Å²) in [6.07, 6.45) is 6.22. The van der Waals surface area contributed by atoms with Crippen LogP contribution in [-0.2, 0) is 42.6 Å². The van der Waals surface area contributed by atoms with Gasteiger partial charge in [-0.1, -0.05) is 35.3 Å². The van der Waals surface area contributed by atoms with Crippen molar-refractivity contribution >= 4 is 66.6 Å². The number of benzene rings is 2. The summed E-state index contributed by atoms with van der Waals surface area (Å²) < 4.78 is 66.4. The summed E-state index contributed by atoms with van der Waals surface area (Å²) in [6.45, 7) is 2.79. The highest BCUT2D eigenvalue weighted by Crippen LogP contribution is 2.33. The molecular weight excluding hydrogens is 868 g/mol. The lowest BCUT2D eigenvalue weighted by Crippen LogP contribution is -2.52. The number of carbonyl (C=O) groups excluding carboxylic acids is 2. The van der Waals surface area contributed by atoms with Crippen LogP contribution in [0, 0.1) is 0 Å². The molecule has 1 saturated carbocycles. The minimum atomic E-state index is -3.70. The van der Waals surface area contributed by atoms with Crippen LogP contribution in [0.5, 0.6) is 0 Å². The van der Waals surface area contributed by atoms with Crippen molar-refractivity contribution in [3.8, 4) is 0 Å². The molecular formula is C42H50Cl2N6O9S2. The molecule has 15 nitrogen and oxygen atoms in total. The number of nitrogens with zero attached hydrogens (tertiary/aromatic N) is 5. The molecule has 2 aromatic heterocycles. The molecule has 3 aliphatic rings. The number of aliphatic hydroxyl groups excluding tert-OH is 1. The Morgan fingerprint density at radius 2 is 1.16 bits per heavy atom. The van der Waals surface area contributed by atoms with Crippen LogP contribution in [0.15, 0.2) is 85.2 Å². The first-order valence-electron chi connectivity index (χ1n) is 19.9. The van der Waals surface area contributed by atoms with E-state index < -0.39 is 42.5 Å². The number of rotatable bonds is 13. The Balaban J connectivity index is 0.000000207. The molecule has 2 N–H and O–H groups in total. The van der Waals surface area contributed by atoms with Gasteiger partial charge >= 0.3 is 11.9 Å². The van der Waals surface area contributed by atoms with E-state index in [4.69, 9.17) is 27.9 Å². The number of nitrogens with one attached hydrogen (secondary N) is 1. The van der Waals surface area contributed by atoms with Crippen LogP contribution in [0.3, 0.4) is 0 Å². The van der Waals surface area contributed by atoms with Gasteiger partial charge in [0.25, 0.3) is 0 Å². The monoisotopic (exact) mass is 916 g/mol. The number of ether oxygens (including phenoxy) is 2. The van der Waals surface area contributed by atoms with Crippen LogP contribution in [0.25, 0.3) is 0 Å². The van der Waals surface area contributed by atoms with Crippen molar-refractivity contribution in [1.29, 1.82) is 0 Å². The Bertz CT molecular complexity index is 2340. The number of aromatic nitrogens is 2. The summed E-state index contributed by atoms with van der Waals surface area (Å²) in [5.74, 6) is -0.993. The molecule has 328 valence electrons. The molecule has 61 heavy (non-hydrogen) atoms. The first-order chi connectivity index (χ1) is 29.2. The first-order valence-corrected chi connectivity index (χ1v) is 23.7. The molecule has 3 fully saturated rings. The second-order valence-corrected chi connectivity index (χ2v) is 20.2. The molecule has 2 aliphatic heterocycles. The van der Waals surface area contributed by atoms with Gasteiger partial charge in [0.05, 0.1) is 77.8 Å². The number of likely N-dealkylation sites (tertiary alicyclic amines) is 1. The highest BCUT2D eigenvalue weighted by atomic mass is 35.5. The van der Waals surface area contributed by atoms with Crippen molar-refractivity contribution in [2.75, 3.05) is 49.0 Å². The number of anilines is 2. The largest absolute Gasteiger partial charge is 0.465 e. The fraction of sp³-hybridized carbons (Fsp3) is 0.429. The van der Waals surface area contributed by atoms with Gasteiger partial charge in [0.1, 0.15) is 0 Å². The molecule has 2 saturated heterocycles. The van der Waals surface area contributed by atoms with Gasteiger partial charge in [0.2, 0.25) is 20.0 Å². The molecule has 19 heteroatoms. The number of carbonyl (C=O) groups is 2. The number of halogens is 2. The molecule has 0 radical (unpaired) electrons. The lowest BCUT2D eigenvalue weighted by molar-refractivity contribution is -0.00511. The summed E-state index contributed by atoms with van der Waals surface area (Å²) in [5, 5.41) is 12.7. The second kappa shape index (κ2) is 20.7. The maximum Gasteiger partial charge on any atom is 0.339 e. The molecule has 0 bridgehead atoms. The number of piperidine rings is 2. The third-order valence-corrected chi connectivity index (χ3v) is 16.1. The maximum atomic E-state index is 13.8. The molecule has 0 unspecified atom stereocenters. The molecule has 7 rings (SSSR count). The van der Waals surface area contributed by atoms with E-state index in [0.717, 1.165) is 12.8 Å². The van der Waals surface area contributed by atoms with Gasteiger partial charge in [-0.25, -0.2) is 26.4 Å². The summed E-state index contributed by atoms with van der Waals surface area (Å²) in [6, 6.07) is 20.3. The van der Waals surface area contributed by atoms with Gasteiger partial charge in [-0.15, -0.1) is 0 Å². The van der Waals surface area contributed by atoms with Gasteiger partial charge in [-0.2, -0.15) is 0 Å². The number of pyridine rings is 2. The zero-order valence-corrected chi connectivity index (χ0v) is 37.0. The number of hydrogen-bond donors (Lipinski definition) is 2. The zero-order valence-electron chi connectivity index (χ0n) is 33.9. The normalized spacial score (nSPS) is 18.8. The van der Waals surface area contributed by atoms with Crippen molar-refractivity contribution in [2.24, 2.45) is 0 Å². The van der Waals surface area contributed by atoms with E-state index >= 15 is 0 Å². The Morgan fingerprint density at radius 3 is 1.54 bits per heavy atom. The smallest absolute Gasteiger partial charge is 0.339 e. The average Bonchev–Trinajstić information content (AvgIpc) is 3.26. The van der Waals surface area contributed by atoms with Crippen LogP contribution in [0.4, 0.5) is 11.4 Å². The molecule has 0 spiro atoms. The number of sulfonamides is 2. The van der Waals surface area contributed by atoms with E-state index in [0.29, 0.717) is 102 Å². The predicted octanol–water partition coefficient (Wildman–Crippen LogP) is 5.46. The Hall–Kier alpha value is -4.36. The third kappa shape index (κ3) is 11.6. The number of esters is 2. The third-order valence-electron chi connectivity index (χ3n) is 11.1. The van der Waals surface area contributed by atoms with E-state index in [1.54, 1.807) is 72.8 Å². The fourth-order valence-electron chi connectivity index (χ4n) is 7.58. The SMILES string of the molecule is COC(=O)c1ccc(CN(c2cccc(Cl)c2)S(=O)(=O)C2CCN(C3CC(O)C3)CC2)nc1.COC(=O)c1ccc(CN(c2cccc(Cl)c2)S(=O)(=O)C2CCNCC2)nc1. The standard InChI is InChI=1S/C23H28ClN3O5S.C19H22ClN3O4S/c1-32-23(29)16-5-6-18(25-14-16)15-27(19-4-2-3-17(24)11-19)33(30,31)22-7-9-26(10-8-22)20-12-21(28)13-20;1-27-19(24)14-5-6-16(22-12-14)13-23(17-4-2-3-15(20)11-17)28(25,26)18-7-9-21-10-8-18/h2-6,11,14,20-22,28H,7-10,12-13,15H2,1H3;2-6,11-12,18,21H,7-10,13H2,1H3. The van der Waals surface area contributed by atoms with Gasteiger partial charge in [0, 0.05) is 28.5 Å². The van der Waals surface area contributed by atoms with Gasteiger partial charge in [0.15, 0.2) is 0 Å². The van der Waals surface area contributed by atoms with Crippen LogP contribution in [0.2, 0.25) is 10.0 Å². The molecule has 0 atom stereocenters. The Labute approximate surface area is 367 Å². The van der Waals surface area contributed by atoms with E-state index in [1.165, 1.54) is 35.2 Å². The van der Waals surface area contributed by atoms with Crippen LogP contribution in [-0.4, -0.2) is 112 Å². The summed E-state index contributed by atoms with van der Waals surface area (Å²) in [7, 11) is -4.74. The first kappa shape index (κ1) is 46.2. The van der Waals surface area contributed by atoms with Crippen molar-refractivity contribution in [3.63, 3.8) is 0 Å². The predicted molar refractivity (Wildman–Crippen MR) is 234 cm³/mol. The van der Waals surface area contributed by atoms with E-state index in [9.17, 15) is 31.5 Å². The van der Waals surface area contributed by atoms with E-state index in [1.807, 2.05) is 0 Å².